The molecule has 2 aromatic carbocycles. The van der Waals surface area contributed by atoms with Crippen molar-refractivity contribution in [1.82, 2.24) is 9.97 Å². The molecule has 1 amide bonds. The van der Waals surface area contributed by atoms with Gasteiger partial charge in [-0.15, -0.1) is 0 Å². The number of benzene rings is 2. The molecule has 0 fully saturated rings. The van der Waals surface area contributed by atoms with Crippen LogP contribution in [0.3, 0.4) is 0 Å². The van der Waals surface area contributed by atoms with Gasteiger partial charge in [0.1, 0.15) is 17.3 Å². The molecule has 0 radical (unpaired) electrons. The molecular weight excluding hydrogens is 338 g/mol. The van der Waals surface area contributed by atoms with Gasteiger partial charge in [-0.3, -0.25) is 4.79 Å². The number of carbonyl (C=O) groups excluding carboxylic acids is 1. The van der Waals surface area contributed by atoms with E-state index in [4.69, 9.17) is 0 Å². The first-order valence-corrected chi connectivity index (χ1v) is 7.90. The highest BCUT2D eigenvalue weighted by Gasteiger charge is 2.12. The second kappa shape index (κ2) is 7.69. The van der Waals surface area contributed by atoms with Gasteiger partial charge < -0.3 is 10.6 Å². The van der Waals surface area contributed by atoms with Gasteiger partial charge in [0.25, 0.3) is 5.91 Å². The van der Waals surface area contributed by atoms with Gasteiger partial charge in [0.2, 0.25) is 5.95 Å². The van der Waals surface area contributed by atoms with Crippen LogP contribution in [0.1, 0.15) is 21.6 Å². The second-order valence-electron chi connectivity index (χ2n) is 5.69. The van der Waals surface area contributed by atoms with E-state index in [-0.39, 0.29) is 17.3 Å². The first kappa shape index (κ1) is 17.5. The molecule has 0 bridgehead atoms. The van der Waals surface area contributed by atoms with Gasteiger partial charge in [-0.25, -0.2) is 18.7 Å². The molecule has 0 aliphatic carbocycles. The fourth-order valence-electron chi connectivity index (χ4n) is 2.35. The molecule has 2 N–H and O–H groups in total. The fraction of sp³-hybridized carbons (Fsp3) is 0.105. The molecule has 1 heterocycles. The molecule has 3 aromatic rings. The quantitative estimate of drug-likeness (QED) is 0.729. The van der Waals surface area contributed by atoms with Crippen LogP contribution < -0.4 is 10.6 Å². The molecule has 7 heteroatoms. The largest absolute Gasteiger partial charge is 0.350 e. The molecule has 3 rings (SSSR count). The number of carbonyl (C=O) groups is 1. The maximum Gasteiger partial charge on any atom is 0.274 e. The smallest absolute Gasteiger partial charge is 0.274 e. The first-order valence-electron chi connectivity index (χ1n) is 7.90. The highest BCUT2D eigenvalue weighted by atomic mass is 19.1. The first-order chi connectivity index (χ1) is 12.5. The zero-order chi connectivity index (χ0) is 18.5. The van der Waals surface area contributed by atoms with Crippen molar-refractivity contribution in [2.45, 2.75) is 13.5 Å². The number of hydrogen-bond donors (Lipinski definition) is 2. The normalized spacial score (nSPS) is 10.4. The van der Waals surface area contributed by atoms with Gasteiger partial charge in [-0.05, 0) is 30.7 Å². The van der Waals surface area contributed by atoms with Gasteiger partial charge in [0, 0.05) is 18.8 Å². The highest BCUT2D eigenvalue weighted by Crippen LogP contribution is 2.16. The van der Waals surface area contributed by atoms with Crippen molar-refractivity contribution in [2.24, 2.45) is 0 Å². The number of halogens is 2. The van der Waals surface area contributed by atoms with E-state index in [0.717, 1.165) is 23.3 Å². The van der Waals surface area contributed by atoms with Crippen molar-refractivity contribution in [3.63, 3.8) is 0 Å². The number of rotatable bonds is 5. The van der Waals surface area contributed by atoms with Crippen molar-refractivity contribution in [3.8, 4) is 0 Å². The lowest BCUT2D eigenvalue weighted by atomic mass is 10.1. The van der Waals surface area contributed by atoms with Crippen molar-refractivity contribution < 1.29 is 13.6 Å². The summed E-state index contributed by atoms with van der Waals surface area (Å²) in [4.78, 5) is 20.4. The van der Waals surface area contributed by atoms with Crippen LogP contribution in [-0.2, 0) is 6.54 Å². The fourth-order valence-corrected chi connectivity index (χ4v) is 2.35. The van der Waals surface area contributed by atoms with Crippen LogP contribution >= 0.6 is 0 Å². The molecule has 0 spiro atoms. The summed E-state index contributed by atoms with van der Waals surface area (Å²) >= 11 is 0. The summed E-state index contributed by atoms with van der Waals surface area (Å²) in [5.74, 6) is -1.91. The summed E-state index contributed by atoms with van der Waals surface area (Å²) in [5.41, 5.74) is 2.14. The summed E-state index contributed by atoms with van der Waals surface area (Å²) in [6.45, 7) is 2.50. The van der Waals surface area contributed by atoms with E-state index < -0.39 is 17.5 Å². The van der Waals surface area contributed by atoms with E-state index in [1.54, 1.807) is 0 Å². The van der Waals surface area contributed by atoms with Gasteiger partial charge in [-0.1, -0.05) is 29.8 Å². The number of amides is 1. The van der Waals surface area contributed by atoms with Crippen LogP contribution in [0.15, 0.2) is 54.7 Å². The Bertz CT molecular complexity index is 946. The Morgan fingerprint density at radius 2 is 1.96 bits per heavy atom. The minimum atomic E-state index is -0.856. The third-order valence-corrected chi connectivity index (χ3v) is 3.60. The average Bonchev–Trinajstić information content (AvgIpc) is 2.62. The van der Waals surface area contributed by atoms with Gasteiger partial charge in [0.15, 0.2) is 0 Å². The lowest BCUT2D eigenvalue weighted by Gasteiger charge is -2.08. The van der Waals surface area contributed by atoms with Gasteiger partial charge in [0.05, 0.1) is 5.69 Å². The van der Waals surface area contributed by atoms with Crippen LogP contribution in [-0.4, -0.2) is 15.9 Å². The molecule has 5 nitrogen and oxygen atoms in total. The van der Waals surface area contributed by atoms with Crippen LogP contribution in [0.4, 0.5) is 20.4 Å². The second-order valence-corrected chi connectivity index (χ2v) is 5.69. The third kappa shape index (κ3) is 4.38. The van der Waals surface area contributed by atoms with Crippen molar-refractivity contribution in [1.29, 1.82) is 0 Å². The maximum atomic E-state index is 13.6. The van der Waals surface area contributed by atoms with Crippen molar-refractivity contribution in [3.05, 3.63) is 83.2 Å². The minimum Gasteiger partial charge on any atom is -0.350 e. The molecule has 26 heavy (non-hydrogen) atoms. The monoisotopic (exact) mass is 354 g/mol. The molecule has 0 atom stereocenters. The predicted octanol–water partition coefficient (Wildman–Crippen LogP) is 3.93. The number of aryl methyl sites for hydroxylation is 1. The predicted molar refractivity (Wildman–Crippen MR) is 94.8 cm³/mol. The maximum absolute atomic E-state index is 13.6. The summed E-state index contributed by atoms with van der Waals surface area (Å²) in [6.07, 6.45) is 1.43. The van der Waals surface area contributed by atoms with Gasteiger partial charge >= 0.3 is 0 Å². The van der Waals surface area contributed by atoms with Crippen LogP contribution in [0.25, 0.3) is 0 Å². The number of anilines is 2. The molecule has 0 unspecified atom stereocenters. The molecule has 132 valence electrons. The topological polar surface area (TPSA) is 66.9 Å². The van der Waals surface area contributed by atoms with Crippen molar-refractivity contribution in [2.75, 3.05) is 10.6 Å². The summed E-state index contributed by atoms with van der Waals surface area (Å²) in [6, 6.07) is 12.3. The Labute approximate surface area is 149 Å². The summed E-state index contributed by atoms with van der Waals surface area (Å²) < 4.78 is 26.6. The minimum absolute atomic E-state index is 0.0652. The Hall–Kier alpha value is -3.35. The van der Waals surface area contributed by atoms with Crippen LogP contribution in [0.5, 0.6) is 0 Å². The number of aromatic nitrogens is 2. The van der Waals surface area contributed by atoms with E-state index in [9.17, 15) is 13.6 Å². The van der Waals surface area contributed by atoms with E-state index in [2.05, 4.69) is 20.6 Å². The summed E-state index contributed by atoms with van der Waals surface area (Å²) in [7, 11) is 0. The van der Waals surface area contributed by atoms with Gasteiger partial charge in [-0.2, -0.15) is 0 Å². The lowest BCUT2D eigenvalue weighted by Crippen LogP contribution is -2.16. The Balaban J connectivity index is 1.69. The molecule has 0 saturated carbocycles. The van der Waals surface area contributed by atoms with E-state index >= 15 is 0 Å². The Morgan fingerprint density at radius 3 is 2.73 bits per heavy atom. The SMILES string of the molecule is Cc1cccc(CNc2nccc(C(=O)Nc3ccc(F)cc3F)n2)c1. The van der Waals surface area contributed by atoms with Crippen LogP contribution in [0.2, 0.25) is 0 Å². The number of nitrogens with one attached hydrogen (secondary N) is 2. The summed E-state index contributed by atoms with van der Waals surface area (Å²) in [5, 5.41) is 5.40. The standard InChI is InChI=1S/C19H16F2N4O/c1-12-3-2-4-13(9-12)11-23-19-22-8-7-17(25-19)18(26)24-16-6-5-14(20)10-15(16)21/h2-10H,11H2,1H3,(H,24,26)(H,22,23,25). The van der Waals surface area contributed by atoms with Crippen molar-refractivity contribution >= 4 is 17.5 Å². The lowest BCUT2D eigenvalue weighted by molar-refractivity contribution is 0.102. The van der Waals surface area contributed by atoms with Crippen LogP contribution in [0, 0.1) is 18.6 Å². The average molecular weight is 354 g/mol. The Kier molecular flexibility index (Phi) is 5.17. The van der Waals surface area contributed by atoms with E-state index in [1.165, 1.54) is 12.3 Å². The van der Waals surface area contributed by atoms with E-state index in [1.807, 2.05) is 31.2 Å². The zero-order valence-corrected chi connectivity index (χ0v) is 14.0. The number of nitrogens with zero attached hydrogens (tertiary/aromatic N) is 2. The Morgan fingerprint density at radius 1 is 1.12 bits per heavy atom. The highest BCUT2D eigenvalue weighted by molar-refractivity contribution is 6.03. The molecular formula is C19H16F2N4O. The van der Waals surface area contributed by atoms with E-state index in [0.29, 0.717) is 12.6 Å². The number of hydrogen-bond acceptors (Lipinski definition) is 4. The molecule has 0 saturated heterocycles. The zero-order valence-electron chi connectivity index (χ0n) is 14.0. The molecule has 0 aliphatic heterocycles. The molecule has 1 aromatic heterocycles. The third-order valence-electron chi connectivity index (χ3n) is 3.60. The molecule has 0 aliphatic rings.